The lowest BCUT2D eigenvalue weighted by Gasteiger charge is -2.23. The fourth-order valence-electron chi connectivity index (χ4n) is 2.37. The molecule has 1 heterocycles. The molecule has 1 aromatic rings. The zero-order chi connectivity index (χ0) is 15.6. The van der Waals surface area contributed by atoms with Crippen LogP contribution in [0.5, 0.6) is 0 Å². The largest absolute Gasteiger partial charge is 0.377 e. The molecule has 0 aliphatic carbocycles. The van der Waals surface area contributed by atoms with Crippen molar-refractivity contribution in [3.8, 4) is 0 Å². The first-order valence-electron chi connectivity index (χ1n) is 6.83. The van der Waals surface area contributed by atoms with E-state index in [0.29, 0.717) is 25.1 Å². The third-order valence-electron chi connectivity index (χ3n) is 3.54. The predicted octanol–water partition coefficient (Wildman–Crippen LogP) is 2.67. The van der Waals surface area contributed by atoms with E-state index in [2.05, 4.69) is 0 Å². The van der Waals surface area contributed by atoms with Crippen molar-refractivity contribution in [3.05, 3.63) is 29.1 Å². The fraction of sp³-hybridized carbons (Fsp3) is 0.571. The molecule has 1 aliphatic heterocycles. The van der Waals surface area contributed by atoms with E-state index in [1.807, 2.05) is 6.92 Å². The molecule has 1 unspecified atom stereocenters. The Balaban J connectivity index is 2.45. The highest BCUT2D eigenvalue weighted by Gasteiger charge is 2.30. The molecule has 7 heteroatoms. The minimum atomic E-state index is -3.75. The van der Waals surface area contributed by atoms with Crippen LogP contribution in [0.2, 0.25) is 0 Å². The Morgan fingerprint density at radius 3 is 2.86 bits per heavy atom. The van der Waals surface area contributed by atoms with Crippen molar-refractivity contribution in [1.82, 2.24) is 4.31 Å². The number of halogens is 2. The number of alkyl halides is 1. The number of nitrogens with zero attached hydrogens (tertiary/aromatic N) is 1. The summed E-state index contributed by atoms with van der Waals surface area (Å²) in [5.74, 6) is -0.481. The van der Waals surface area contributed by atoms with E-state index in [1.165, 1.54) is 23.4 Å². The van der Waals surface area contributed by atoms with Crippen LogP contribution in [-0.2, 0) is 20.6 Å². The quantitative estimate of drug-likeness (QED) is 0.798. The van der Waals surface area contributed by atoms with E-state index >= 15 is 0 Å². The molecule has 21 heavy (non-hydrogen) atoms. The number of rotatable bonds is 3. The summed E-state index contributed by atoms with van der Waals surface area (Å²) in [4.78, 5) is -0.00718. The number of hydrogen-bond donors (Lipinski definition) is 0. The monoisotopic (exact) mass is 335 g/mol. The molecule has 0 amide bonds. The maximum atomic E-state index is 13.9. The van der Waals surface area contributed by atoms with Crippen molar-refractivity contribution in [3.63, 3.8) is 0 Å². The summed E-state index contributed by atoms with van der Waals surface area (Å²) in [6.45, 7) is 4.48. The zero-order valence-electron chi connectivity index (χ0n) is 12.1. The van der Waals surface area contributed by atoms with Gasteiger partial charge in [-0.2, -0.15) is 4.31 Å². The maximum Gasteiger partial charge on any atom is 0.243 e. The second kappa shape index (κ2) is 6.60. The molecule has 0 saturated carbocycles. The molecule has 0 spiro atoms. The highest BCUT2D eigenvalue weighted by Crippen LogP contribution is 2.26. The molecule has 2 rings (SSSR count). The molecule has 1 aromatic carbocycles. The van der Waals surface area contributed by atoms with Crippen molar-refractivity contribution in [2.45, 2.75) is 37.1 Å². The number of ether oxygens (including phenoxy) is 1. The van der Waals surface area contributed by atoms with Gasteiger partial charge in [0, 0.05) is 31.1 Å². The Hall–Kier alpha value is -0.690. The Morgan fingerprint density at radius 2 is 2.19 bits per heavy atom. The molecule has 4 nitrogen and oxygen atoms in total. The van der Waals surface area contributed by atoms with Crippen LogP contribution in [-0.4, -0.2) is 38.5 Å². The van der Waals surface area contributed by atoms with Crippen LogP contribution >= 0.6 is 11.6 Å². The van der Waals surface area contributed by atoms with Crippen LogP contribution < -0.4 is 0 Å². The highest BCUT2D eigenvalue weighted by molar-refractivity contribution is 7.89. The Labute approximate surface area is 129 Å². The molecule has 0 N–H and O–H groups in total. The van der Waals surface area contributed by atoms with Crippen molar-refractivity contribution < 1.29 is 17.5 Å². The lowest BCUT2D eigenvalue weighted by Crippen LogP contribution is -2.36. The van der Waals surface area contributed by atoms with Crippen LogP contribution in [0.15, 0.2) is 17.0 Å². The van der Waals surface area contributed by atoms with E-state index in [-0.39, 0.29) is 29.0 Å². The molecular weight excluding hydrogens is 317 g/mol. The second-order valence-electron chi connectivity index (χ2n) is 5.23. The lowest BCUT2D eigenvalue weighted by molar-refractivity contribution is 0.0752. The number of hydrogen-bond acceptors (Lipinski definition) is 3. The summed E-state index contributed by atoms with van der Waals surface area (Å²) in [5.41, 5.74) is 0.583. The fourth-order valence-corrected chi connectivity index (χ4v) is 4.36. The van der Waals surface area contributed by atoms with E-state index in [4.69, 9.17) is 16.3 Å². The van der Waals surface area contributed by atoms with Gasteiger partial charge in [-0.05, 0) is 38.0 Å². The topological polar surface area (TPSA) is 46.6 Å². The first-order chi connectivity index (χ1) is 9.86. The van der Waals surface area contributed by atoms with Crippen molar-refractivity contribution in [1.29, 1.82) is 0 Å². The van der Waals surface area contributed by atoms with E-state index < -0.39 is 15.8 Å². The van der Waals surface area contributed by atoms with E-state index in [9.17, 15) is 12.8 Å². The Bertz CT molecular complexity index is 621. The van der Waals surface area contributed by atoms with Gasteiger partial charge in [0.2, 0.25) is 10.0 Å². The third-order valence-corrected chi connectivity index (χ3v) is 5.84. The first-order valence-corrected chi connectivity index (χ1v) is 8.80. The molecular formula is C14H19ClFNO3S. The standard InChI is InChI=1S/C14H19ClFNO3S/c1-10-9-17(4-3-5-20-10)21(18,19)14-7-12(8-15)6-13(16)11(14)2/h6-7,10H,3-5,8-9H2,1-2H3. The molecule has 1 atom stereocenters. The van der Waals surface area contributed by atoms with Gasteiger partial charge >= 0.3 is 0 Å². The summed E-state index contributed by atoms with van der Waals surface area (Å²) in [6, 6.07) is 2.73. The van der Waals surface area contributed by atoms with Crippen LogP contribution in [0.25, 0.3) is 0 Å². The Morgan fingerprint density at radius 1 is 1.48 bits per heavy atom. The van der Waals surface area contributed by atoms with Gasteiger partial charge in [-0.15, -0.1) is 11.6 Å². The minimum Gasteiger partial charge on any atom is -0.377 e. The van der Waals surface area contributed by atoms with Crippen LogP contribution in [0.4, 0.5) is 4.39 Å². The van der Waals surface area contributed by atoms with Gasteiger partial charge in [-0.25, -0.2) is 12.8 Å². The Kier molecular flexibility index (Phi) is 5.24. The van der Waals surface area contributed by atoms with Crippen molar-refractivity contribution in [2.24, 2.45) is 0 Å². The third kappa shape index (κ3) is 3.56. The van der Waals surface area contributed by atoms with Gasteiger partial charge in [0.05, 0.1) is 11.0 Å². The average Bonchev–Trinajstić information content (AvgIpc) is 2.66. The van der Waals surface area contributed by atoms with Crippen LogP contribution in [0.3, 0.4) is 0 Å². The average molecular weight is 336 g/mol. The van der Waals surface area contributed by atoms with Gasteiger partial charge in [0.25, 0.3) is 0 Å². The predicted molar refractivity (Wildman–Crippen MR) is 79.5 cm³/mol. The van der Waals surface area contributed by atoms with Crippen molar-refractivity contribution in [2.75, 3.05) is 19.7 Å². The molecule has 0 radical (unpaired) electrons. The molecule has 1 saturated heterocycles. The highest BCUT2D eigenvalue weighted by atomic mass is 35.5. The summed E-state index contributed by atoms with van der Waals surface area (Å²) < 4.78 is 46.3. The number of sulfonamides is 1. The first kappa shape index (κ1) is 16.7. The zero-order valence-corrected chi connectivity index (χ0v) is 13.7. The number of benzene rings is 1. The van der Waals surface area contributed by atoms with Crippen LogP contribution in [0.1, 0.15) is 24.5 Å². The summed E-state index contributed by atoms with van der Waals surface area (Å²) in [7, 11) is -3.75. The van der Waals surface area contributed by atoms with E-state index in [1.54, 1.807) is 0 Å². The molecule has 0 aromatic heterocycles. The second-order valence-corrected chi connectivity index (χ2v) is 7.41. The SMILES string of the molecule is Cc1c(F)cc(CCl)cc1S(=O)(=O)N1CCCOC(C)C1. The smallest absolute Gasteiger partial charge is 0.243 e. The van der Waals surface area contributed by atoms with E-state index in [0.717, 1.165) is 0 Å². The van der Waals surface area contributed by atoms with Gasteiger partial charge in [0.15, 0.2) is 0 Å². The lowest BCUT2D eigenvalue weighted by atomic mass is 10.1. The van der Waals surface area contributed by atoms with Gasteiger partial charge in [-0.3, -0.25) is 0 Å². The molecule has 1 aliphatic rings. The molecule has 118 valence electrons. The molecule has 0 bridgehead atoms. The van der Waals surface area contributed by atoms with Gasteiger partial charge in [0.1, 0.15) is 5.82 Å². The normalized spacial score (nSPS) is 21.2. The summed E-state index contributed by atoms with van der Waals surface area (Å²) >= 11 is 5.71. The summed E-state index contributed by atoms with van der Waals surface area (Å²) in [6.07, 6.45) is 0.448. The van der Waals surface area contributed by atoms with Gasteiger partial charge < -0.3 is 4.74 Å². The van der Waals surface area contributed by atoms with Crippen LogP contribution in [0, 0.1) is 12.7 Å². The molecule has 1 fully saturated rings. The summed E-state index contributed by atoms with van der Waals surface area (Å²) in [5, 5.41) is 0. The van der Waals surface area contributed by atoms with Gasteiger partial charge in [-0.1, -0.05) is 0 Å². The minimum absolute atomic E-state index is 0.00718. The van der Waals surface area contributed by atoms with Crippen molar-refractivity contribution >= 4 is 21.6 Å². The maximum absolute atomic E-state index is 13.9.